The van der Waals surface area contributed by atoms with Crippen molar-refractivity contribution in [3.63, 3.8) is 0 Å². The molecule has 0 aliphatic rings. The molecule has 100 valence electrons. The van der Waals surface area contributed by atoms with Gasteiger partial charge in [-0.15, -0.1) is 23.1 Å². The molecular weight excluding hydrogens is 280 g/mol. The molecule has 0 radical (unpaired) electrons. The summed E-state index contributed by atoms with van der Waals surface area (Å²) in [6.45, 7) is 2.13. The number of carbonyl (C=O) groups is 1. The summed E-state index contributed by atoms with van der Waals surface area (Å²) in [5.41, 5.74) is 7.44. The van der Waals surface area contributed by atoms with Gasteiger partial charge in [-0.25, -0.2) is 4.79 Å². The number of carbonyl (C=O) groups excluding carboxylic acids is 1. The molecule has 0 aliphatic carbocycles. The SMILES string of the molecule is CCOC(=O)c1sc(SC)c(-[n+]2ccccc2)c1N. The Morgan fingerprint density at radius 1 is 1.42 bits per heavy atom. The summed E-state index contributed by atoms with van der Waals surface area (Å²) >= 11 is 2.94. The Kier molecular flexibility index (Phi) is 4.44. The molecule has 2 N–H and O–H groups in total. The van der Waals surface area contributed by atoms with Gasteiger partial charge < -0.3 is 10.5 Å². The second kappa shape index (κ2) is 6.08. The van der Waals surface area contributed by atoms with Gasteiger partial charge in [0.15, 0.2) is 12.4 Å². The van der Waals surface area contributed by atoms with Gasteiger partial charge in [0.2, 0.25) is 0 Å². The highest BCUT2D eigenvalue weighted by atomic mass is 32.2. The van der Waals surface area contributed by atoms with Gasteiger partial charge in [0, 0.05) is 12.1 Å². The number of esters is 1. The van der Waals surface area contributed by atoms with Crippen LogP contribution < -0.4 is 10.3 Å². The summed E-state index contributed by atoms with van der Waals surface area (Å²) in [7, 11) is 0. The number of aromatic nitrogens is 1. The van der Waals surface area contributed by atoms with E-state index in [0.29, 0.717) is 17.2 Å². The predicted octanol–water partition coefficient (Wildman–Crippen LogP) is 2.51. The first-order chi connectivity index (χ1) is 9.19. The molecule has 19 heavy (non-hydrogen) atoms. The number of thiophene rings is 1. The number of rotatable bonds is 4. The number of nitrogen functional groups attached to an aromatic ring is 1. The minimum Gasteiger partial charge on any atom is -0.462 e. The number of anilines is 1. The third kappa shape index (κ3) is 2.74. The molecule has 0 aliphatic heterocycles. The Bertz CT molecular complexity index is 582. The zero-order valence-electron chi connectivity index (χ0n) is 10.8. The molecule has 0 saturated carbocycles. The molecule has 0 fully saturated rings. The topological polar surface area (TPSA) is 56.2 Å². The second-order valence-electron chi connectivity index (χ2n) is 3.69. The molecule has 0 unspecified atom stereocenters. The van der Waals surface area contributed by atoms with Gasteiger partial charge in [-0.2, -0.15) is 4.57 Å². The van der Waals surface area contributed by atoms with Crippen LogP contribution in [0.4, 0.5) is 5.69 Å². The van der Waals surface area contributed by atoms with Crippen molar-refractivity contribution in [1.82, 2.24) is 0 Å². The number of thioether (sulfide) groups is 1. The maximum absolute atomic E-state index is 11.9. The normalized spacial score (nSPS) is 10.4. The zero-order valence-corrected chi connectivity index (χ0v) is 12.4. The molecular formula is C13H15N2O2S2+. The van der Waals surface area contributed by atoms with E-state index in [-0.39, 0.29) is 5.97 Å². The molecule has 2 heterocycles. The van der Waals surface area contributed by atoms with Gasteiger partial charge in [-0.3, -0.25) is 0 Å². The van der Waals surface area contributed by atoms with Crippen LogP contribution in [-0.2, 0) is 4.74 Å². The van der Waals surface area contributed by atoms with Crippen LogP contribution in [0.15, 0.2) is 34.8 Å². The molecule has 2 aromatic heterocycles. The zero-order chi connectivity index (χ0) is 13.8. The lowest BCUT2D eigenvalue weighted by Crippen LogP contribution is -2.30. The predicted molar refractivity (Wildman–Crippen MR) is 78.0 cm³/mol. The number of nitrogens with two attached hydrogens (primary N) is 1. The van der Waals surface area contributed by atoms with Crippen molar-refractivity contribution in [2.75, 3.05) is 18.6 Å². The highest BCUT2D eigenvalue weighted by Crippen LogP contribution is 2.37. The summed E-state index contributed by atoms with van der Waals surface area (Å²) in [4.78, 5) is 12.3. The minimum absolute atomic E-state index is 0.346. The van der Waals surface area contributed by atoms with Gasteiger partial charge in [-0.1, -0.05) is 6.07 Å². The van der Waals surface area contributed by atoms with Crippen LogP contribution in [-0.4, -0.2) is 18.8 Å². The van der Waals surface area contributed by atoms with E-state index < -0.39 is 0 Å². The summed E-state index contributed by atoms with van der Waals surface area (Å²) in [5, 5.41) is 0. The van der Waals surface area contributed by atoms with E-state index in [9.17, 15) is 4.79 Å². The molecule has 6 heteroatoms. The Morgan fingerprint density at radius 3 is 2.68 bits per heavy atom. The lowest BCUT2D eigenvalue weighted by atomic mass is 10.3. The highest BCUT2D eigenvalue weighted by molar-refractivity contribution is 8.00. The van der Waals surface area contributed by atoms with Crippen LogP contribution in [0.2, 0.25) is 0 Å². The summed E-state index contributed by atoms with van der Waals surface area (Å²) in [6, 6.07) is 5.78. The lowest BCUT2D eigenvalue weighted by Gasteiger charge is -1.99. The first kappa shape index (κ1) is 13.9. The van der Waals surface area contributed by atoms with E-state index in [0.717, 1.165) is 9.90 Å². The van der Waals surface area contributed by atoms with Crippen molar-refractivity contribution in [1.29, 1.82) is 0 Å². The third-order valence-corrected chi connectivity index (χ3v) is 4.79. The molecule has 0 atom stereocenters. The molecule has 4 nitrogen and oxygen atoms in total. The van der Waals surface area contributed by atoms with Crippen LogP contribution in [0.5, 0.6) is 0 Å². The summed E-state index contributed by atoms with van der Waals surface area (Å²) < 4.78 is 7.94. The average molecular weight is 295 g/mol. The van der Waals surface area contributed by atoms with Crippen molar-refractivity contribution in [3.05, 3.63) is 35.5 Å². The fraction of sp³-hybridized carbons (Fsp3) is 0.231. The molecule has 0 amide bonds. The van der Waals surface area contributed by atoms with Crippen LogP contribution in [0.3, 0.4) is 0 Å². The monoisotopic (exact) mass is 295 g/mol. The average Bonchev–Trinajstić information content (AvgIpc) is 2.77. The van der Waals surface area contributed by atoms with E-state index in [4.69, 9.17) is 10.5 Å². The summed E-state index contributed by atoms with van der Waals surface area (Å²) in [6.07, 6.45) is 5.79. The second-order valence-corrected chi connectivity index (χ2v) is 5.78. The van der Waals surface area contributed by atoms with Gasteiger partial charge in [-0.05, 0) is 13.2 Å². The van der Waals surface area contributed by atoms with E-state index >= 15 is 0 Å². The molecule has 0 bridgehead atoms. The number of pyridine rings is 1. The van der Waals surface area contributed by atoms with Crippen molar-refractivity contribution < 1.29 is 14.1 Å². The fourth-order valence-corrected chi connectivity index (χ4v) is 3.53. The van der Waals surface area contributed by atoms with Crippen LogP contribution >= 0.6 is 23.1 Å². The smallest absolute Gasteiger partial charge is 0.350 e. The molecule has 0 aromatic carbocycles. The first-order valence-electron chi connectivity index (χ1n) is 5.79. The Labute approximate surface area is 120 Å². The van der Waals surface area contributed by atoms with Crippen molar-refractivity contribution in [2.24, 2.45) is 0 Å². The van der Waals surface area contributed by atoms with Crippen molar-refractivity contribution in [3.8, 4) is 5.69 Å². The minimum atomic E-state index is -0.358. The maximum atomic E-state index is 11.9. The van der Waals surface area contributed by atoms with E-state index in [1.807, 2.05) is 41.4 Å². The number of hydrogen-bond donors (Lipinski definition) is 1. The fourth-order valence-electron chi connectivity index (χ4n) is 1.69. The lowest BCUT2D eigenvalue weighted by molar-refractivity contribution is -0.596. The summed E-state index contributed by atoms with van der Waals surface area (Å²) in [5.74, 6) is -0.358. The van der Waals surface area contributed by atoms with Crippen molar-refractivity contribution >= 4 is 34.8 Å². The Hall–Kier alpha value is -1.53. The Morgan fingerprint density at radius 2 is 2.11 bits per heavy atom. The maximum Gasteiger partial charge on any atom is 0.350 e. The molecule has 0 saturated heterocycles. The van der Waals surface area contributed by atoms with Crippen LogP contribution in [0, 0.1) is 0 Å². The van der Waals surface area contributed by atoms with Crippen LogP contribution in [0.25, 0.3) is 5.69 Å². The molecule has 2 rings (SSSR count). The molecule has 2 aromatic rings. The van der Waals surface area contributed by atoms with Crippen LogP contribution in [0.1, 0.15) is 16.6 Å². The number of hydrogen-bond acceptors (Lipinski definition) is 5. The highest BCUT2D eigenvalue weighted by Gasteiger charge is 2.27. The quantitative estimate of drug-likeness (QED) is 0.535. The largest absolute Gasteiger partial charge is 0.462 e. The van der Waals surface area contributed by atoms with Gasteiger partial charge in [0.25, 0.3) is 5.69 Å². The third-order valence-electron chi connectivity index (χ3n) is 2.51. The van der Waals surface area contributed by atoms with Gasteiger partial charge in [0.1, 0.15) is 14.8 Å². The first-order valence-corrected chi connectivity index (χ1v) is 7.83. The van der Waals surface area contributed by atoms with E-state index in [1.165, 1.54) is 11.3 Å². The number of ether oxygens (including phenoxy) is 1. The molecule has 0 spiro atoms. The Balaban J connectivity index is 2.52. The van der Waals surface area contributed by atoms with Crippen molar-refractivity contribution in [2.45, 2.75) is 11.1 Å². The number of nitrogens with zero attached hydrogens (tertiary/aromatic N) is 1. The van der Waals surface area contributed by atoms with E-state index in [1.54, 1.807) is 18.7 Å². The van der Waals surface area contributed by atoms with E-state index in [2.05, 4.69) is 0 Å². The standard InChI is InChI=1S/C13H14N2O2S2/c1-3-17-12(16)11-9(14)10(13(18-2)19-11)15-7-5-4-6-8-15/h4-8H,3H2,1-2H3,(H-,14,16)/p+1. The van der Waals surface area contributed by atoms with Gasteiger partial charge >= 0.3 is 5.97 Å². The van der Waals surface area contributed by atoms with Gasteiger partial charge in [0.05, 0.1) is 6.61 Å².